The molecule has 156 valence electrons. The van der Waals surface area contributed by atoms with E-state index in [9.17, 15) is 14.4 Å². The van der Waals surface area contributed by atoms with E-state index in [1.165, 1.54) is 10.8 Å². The van der Waals surface area contributed by atoms with Gasteiger partial charge in [0, 0.05) is 18.3 Å². The van der Waals surface area contributed by atoms with Crippen LogP contribution >= 0.6 is 0 Å². The molecule has 8 nitrogen and oxygen atoms in total. The SMILES string of the molecule is CCOc1ccc(CCNC(=O)Cn2cc(C3CC3)c(=O)[nH]c2=O)cc1OCC. The lowest BCUT2D eigenvalue weighted by molar-refractivity contribution is -0.121. The average molecular weight is 401 g/mol. The van der Waals surface area contributed by atoms with Gasteiger partial charge in [-0.05, 0) is 56.7 Å². The number of nitrogens with zero attached hydrogens (tertiary/aromatic N) is 1. The van der Waals surface area contributed by atoms with Crippen molar-refractivity contribution in [2.45, 2.75) is 45.6 Å². The predicted molar refractivity (Wildman–Crippen MR) is 109 cm³/mol. The summed E-state index contributed by atoms with van der Waals surface area (Å²) >= 11 is 0. The predicted octanol–water partition coefficient (Wildman–Crippen LogP) is 1.57. The maximum Gasteiger partial charge on any atom is 0.328 e. The first-order chi connectivity index (χ1) is 14.0. The second-order valence-electron chi connectivity index (χ2n) is 6.99. The van der Waals surface area contributed by atoms with Gasteiger partial charge in [-0.2, -0.15) is 0 Å². The van der Waals surface area contributed by atoms with E-state index in [0.717, 1.165) is 18.4 Å². The zero-order chi connectivity index (χ0) is 20.8. The van der Waals surface area contributed by atoms with Crippen LogP contribution in [0.4, 0.5) is 0 Å². The number of ether oxygens (including phenoxy) is 2. The van der Waals surface area contributed by atoms with Gasteiger partial charge in [0.15, 0.2) is 11.5 Å². The van der Waals surface area contributed by atoms with E-state index in [-0.39, 0.29) is 23.9 Å². The lowest BCUT2D eigenvalue weighted by Gasteiger charge is -2.13. The minimum atomic E-state index is -0.567. The third kappa shape index (κ3) is 5.49. The first-order valence-electron chi connectivity index (χ1n) is 10.0. The van der Waals surface area contributed by atoms with Crippen LogP contribution in [0.2, 0.25) is 0 Å². The largest absolute Gasteiger partial charge is 0.490 e. The number of aromatic nitrogens is 2. The second-order valence-corrected chi connectivity index (χ2v) is 6.99. The molecule has 0 radical (unpaired) electrons. The summed E-state index contributed by atoms with van der Waals surface area (Å²) in [5, 5.41) is 2.81. The Morgan fingerprint density at radius 2 is 1.90 bits per heavy atom. The summed E-state index contributed by atoms with van der Waals surface area (Å²) in [5.74, 6) is 1.31. The molecule has 29 heavy (non-hydrogen) atoms. The highest BCUT2D eigenvalue weighted by Crippen LogP contribution is 2.37. The fraction of sp³-hybridized carbons (Fsp3) is 0.476. The Bertz CT molecular complexity index is 975. The lowest BCUT2D eigenvalue weighted by atomic mass is 10.1. The molecule has 0 bridgehead atoms. The highest BCUT2D eigenvalue weighted by molar-refractivity contribution is 5.75. The number of benzene rings is 1. The molecule has 1 heterocycles. The number of carbonyl (C=O) groups excluding carboxylic acids is 1. The summed E-state index contributed by atoms with van der Waals surface area (Å²) in [6.07, 6.45) is 4.02. The van der Waals surface area contributed by atoms with Crippen molar-refractivity contribution in [2.24, 2.45) is 0 Å². The molecule has 1 fully saturated rings. The lowest BCUT2D eigenvalue weighted by Crippen LogP contribution is -2.37. The molecule has 1 amide bonds. The van der Waals surface area contributed by atoms with Crippen LogP contribution in [0.25, 0.3) is 0 Å². The molecule has 0 unspecified atom stereocenters. The van der Waals surface area contributed by atoms with E-state index >= 15 is 0 Å². The average Bonchev–Trinajstić information content (AvgIpc) is 3.51. The van der Waals surface area contributed by atoms with Crippen molar-refractivity contribution in [3.8, 4) is 11.5 Å². The molecular weight excluding hydrogens is 374 g/mol. The highest BCUT2D eigenvalue weighted by atomic mass is 16.5. The van der Waals surface area contributed by atoms with Crippen LogP contribution in [0, 0.1) is 0 Å². The van der Waals surface area contributed by atoms with Gasteiger partial charge in [-0.25, -0.2) is 4.79 Å². The van der Waals surface area contributed by atoms with Gasteiger partial charge in [-0.15, -0.1) is 0 Å². The third-order valence-electron chi connectivity index (χ3n) is 4.71. The van der Waals surface area contributed by atoms with E-state index < -0.39 is 5.69 Å². The summed E-state index contributed by atoms with van der Waals surface area (Å²) in [6.45, 7) is 5.23. The van der Waals surface area contributed by atoms with Crippen molar-refractivity contribution < 1.29 is 14.3 Å². The third-order valence-corrected chi connectivity index (χ3v) is 4.71. The molecule has 2 N–H and O–H groups in total. The quantitative estimate of drug-likeness (QED) is 0.629. The van der Waals surface area contributed by atoms with Crippen LogP contribution in [-0.2, 0) is 17.8 Å². The van der Waals surface area contributed by atoms with Crippen LogP contribution < -0.4 is 26.0 Å². The van der Waals surface area contributed by atoms with Crippen LogP contribution in [0.5, 0.6) is 11.5 Å². The smallest absolute Gasteiger partial charge is 0.328 e. The Balaban J connectivity index is 1.56. The molecule has 0 saturated heterocycles. The number of aromatic amines is 1. The second kappa shape index (κ2) is 9.45. The van der Waals surface area contributed by atoms with Crippen molar-refractivity contribution in [3.63, 3.8) is 0 Å². The normalized spacial score (nSPS) is 13.2. The molecule has 1 aliphatic carbocycles. The van der Waals surface area contributed by atoms with Crippen LogP contribution in [0.1, 0.15) is 43.7 Å². The Labute approximate surface area is 168 Å². The van der Waals surface area contributed by atoms with Crippen molar-refractivity contribution in [1.82, 2.24) is 14.9 Å². The van der Waals surface area contributed by atoms with E-state index in [1.807, 2.05) is 32.0 Å². The molecule has 3 rings (SSSR count). The highest BCUT2D eigenvalue weighted by Gasteiger charge is 2.27. The molecule has 1 aliphatic rings. The van der Waals surface area contributed by atoms with Crippen LogP contribution in [-0.4, -0.2) is 35.2 Å². The Hall–Kier alpha value is -3.03. The number of amides is 1. The number of carbonyl (C=O) groups is 1. The molecule has 2 aromatic rings. The monoisotopic (exact) mass is 401 g/mol. The summed E-state index contributed by atoms with van der Waals surface area (Å²) < 4.78 is 12.4. The first-order valence-corrected chi connectivity index (χ1v) is 10.0. The van der Waals surface area contributed by atoms with Gasteiger partial charge in [0.25, 0.3) is 5.56 Å². The molecule has 1 saturated carbocycles. The van der Waals surface area contributed by atoms with E-state index in [2.05, 4.69) is 10.3 Å². The fourth-order valence-corrected chi connectivity index (χ4v) is 3.14. The van der Waals surface area contributed by atoms with Gasteiger partial charge in [-0.1, -0.05) is 6.07 Å². The fourth-order valence-electron chi connectivity index (χ4n) is 3.14. The van der Waals surface area contributed by atoms with Crippen molar-refractivity contribution in [3.05, 3.63) is 56.4 Å². The van der Waals surface area contributed by atoms with Gasteiger partial charge < -0.3 is 14.8 Å². The molecular formula is C21H27N3O5. The molecule has 8 heteroatoms. The van der Waals surface area contributed by atoms with Crippen molar-refractivity contribution in [2.75, 3.05) is 19.8 Å². The number of rotatable bonds is 10. The zero-order valence-corrected chi connectivity index (χ0v) is 16.8. The number of hydrogen-bond acceptors (Lipinski definition) is 5. The van der Waals surface area contributed by atoms with E-state index in [1.54, 1.807) is 0 Å². The van der Waals surface area contributed by atoms with Crippen molar-refractivity contribution >= 4 is 5.91 Å². The summed E-state index contributed by atoms with van der Waals surface area (Å²) in [4.78, 5) is 38.3. The molecule has 0 spiro atoms. The Morgan fingerprint density at radius 1 is 1.17 bits per heavy atom. The van der Waals surface area contributed by atoms with Gasteiger partial charge in [0.1, 0.15) is 6.54 Å². The number of hydrogen-bond donors (Lipinski definition) is 2. The zero-order valence-electron chi connectivity index (χ0n) is 16.8. The topological polar surface area (TPSA) is 102 Å². The first kappa shape index (κ1) is 20.7. The van der Waals surface area contributed by atoms with Crippen molar-refractivity contribution in [1.29, 1.82) is 0 Å². The van der Waals surface area contributed by atoms with Gasteiger partial charge in [0.05, 0.1) is 13.2 Å². The maximum absolute atomic E-state index is 12.2. The van der Waals surface area contributed by atoms with Gasteiger partial charge in [0.2, 0.25) is 5.91 Å². The Morgan fingerprint density at radius 3 is 2.59 bits per heavy atom. The minimum Gasteiger partial charge on any atom is -0.490 e. The Kier molecular flexibility index (Phi) is 6.74. The standard InChI is InChI=1S/C21H27N3O5/c1-3-28-17-8-5-14(11-18(17)29-4-2)9-10-22-19(25)13-24-12-16(15-6-7-15)20(26)23-21(24)27/h5,8,11-12,15H,3-4,6-7,9-10,13H2,1-2H3,(H,22,25)(H,23,26,27). The minimum absolute atomic E-state index is 0.122. The van der Waals surface area contributed by atoms with E-state index in [4.69, 9.17) is 9.47 Å². The summed E-state index contributed by atoms with van der Waals surface area (Å²) in [6, 6.07) is 5.72. The maximum atomic E-state index is 12.2. The van der Waals surface area contributed by atoms with Gasteiger partial charge in [-0.3, -0.25) is 19.1 Å². The van der Waals surface area contributed by atoms with Gasteiger partial charge >= 0.3 is 5.69 Å². The van der Waals surface area contributed by atoms with E-state index in [0.29, 0.717) is 43.2 Å². The summed E-state index contributed by atoms with van der Waals surface area (Å²) in [7, 11) is 0. The molecule has 1 aromatic heterocycles. The molecule has 0 aliphatic heterocycles. The molecule has 1 aromatic carbocycles. The summed E-state index contributed by atoms with van der Waals surface area (Å²) in [5.41, 5.74) is 0.668. The van der Waals surface area contributed by atoms with Crippen LogP contribution in [0.15, 0.2) is 34.0 Å². The number of nitrogens with one attached hydrogen (secondary N) is 2. The van der Waals surface area contributed by atoms with Crippen LogP contribution in [0.3, 0.4) is 0 Å². The number of H-pyrrole nitrogens is 1. The molecule has 0 atom stereocenters.